The number of nitrogens with one attached hydrogen (secondary N) is 1. The molecule has 2 rings (SSSR count). The van der Waals surface area contributed by atoms with Gasteiger partial charge in [0.2, 0.25) is 0 Å². The topological polar surface area (TPSA) is 32.3 Å². The summed E-state index contributed by atoms with van der Waals surface area (Å²) in [5.41, 5.74) is 0.588. The lowest BCUT2D eigenvalue weighted by molar-refractivity contribution is 0.0703. The highest BCUT2D eigenvalue weighted by molar-refractivity contribution is 6.42. The van der Waals surface area contributed by atoms with Crippen molar-refractivity contribution in [1.82, 2.24) is 10.2 Å². The summed E-state index contributed by atoms with van der Waals surface area (Å²) in [4.78, 5) is 14.1. The molecule has 1 N–H and O–H groups in total. The molecule has 3 nitrogen and oxygen atoms in total. The highest BCUT2D eigenvalue weighted by Gasteiger charge is 2.23. The lowest BCUT2D eigenvalue weighted by atomic mass is 10.0. The SMILES string of the molecule is CN(C(=O)c1ccc(Cl)c(Cl)c1)C1CCNCC1.Cl. The number of rotatable bonds is 2. The van der Waals surface area contributed by atoms with Gasteiger partial charge in [0, 0.05) is 18.7 Å². The van der Waals surface area contributed by atoms with Gasteiger partial charge in [0.1, 0.15) is 0 Å². The van der Waals surface area contributed by atoms with E-state index in [1.54, 1.807) is 23.1 Å². The molecule has 0 spiro atoms. The minimum absolute atomic E-state index is 0. The first-order chi connectivity index (χ1) is 8.59. The number of nitrogens with zero attached hydrogens (tertiary/aromatic N) is 1. The lowest BCUT2D eigenvalue weighted by Crippen LogP contribution is -2.43. The van der Waals surface area contributed by atoms with Crippen LogP contribution in [0.4, 0.5) is 0 Å². The fourth-order valence-electron chi connectivity index (χ4n) is 2.19. The third-order valence-electron chi connectivity index (χ3n) is 3.34. The van der Waals surface area contributed by atoms with E-state index >= 15 is 0 Å². The molecule has 106 valence electrons. The molecular formula is C13H17Cl3N2O. The second-order valence-electron chi connectivity index (χ2n) is 4.53. The smallest absolute Gasteiger partial charge is 0.253 e. The summed E-state index contributed by atoms with van der Waals surface area (Å²) in [7, 11) is 1.85. The van der Waals surface area contributed by atoms with Gasteiger partial charge in [-0.2, -0.15) is 0 Å². The fraction of sp³-hybridized carbons (Fsp3) is 0.462. The molecule has 1 saturated heterocycles. The number of carbonyl (C=O) groups is 1. The predicted molar refractivity (Wildman–Crippen MR) is 81.7 cm³/mol. The summed E-state index contributed by atoms with van der Waals surface area (Å²) in [5, 5.41) is 4.18. The van der Waals surface area contributed by atoms with Gasteiger partial charge in [0.25, 0.3) is 5.91 Å². The number of hydrogen-bond donors (Lipinski definition) is 1. The van der Waals surface area contributed by atoms with Gasteiger partial charge in [-0.15, -0.1) is 12.4 Å². The average molecular weight is 324 g/mol. The van der Waals surface area contributed by atoms with Crippen molar-refractivity contribution in [2.24, 2.45) is 0 Å². The van der Waals surface area contributed by atoms with Crippen LogP contribution in [0.2, 0.25) is 10.0 Å². The van der Waals surface area contributed by atoms with E-state index < -0.39 is 0 Å². The van der Waals surface area contributed by atoms with Crippen LogP contribution in [0.1, 0.15) is 23.2 Å². The zero-order valence-electron chi connectivity index (χ0n) is 10.7. The molecule has 0 aliphatic carbocycles. The molecular weight excluding hydrogens is 307 g/mol. The van der Waals surface area contributed by atoms with E-state index in [-0.39, 0.29) is 18.3 Å². The highest BCUT2D eigenvalue weighted by atomic mass is 35.5. The van der Waals surface area contributed by atoms with Crippen molar-refractivity contribution < 1.29 is 4.79 Å². The van der Waals surface area contributed by atoms with Gasteiger partial charge in [-0.25, -0.2) is 0 Å². The van der Waals surface area contributed by atoms with Gasteiger partial charge in [-0.05, 0) is 44.1 Å². The Labute approximate surface area is 129 Å². The van der Waals surface area contributed by atoms with Gasteiger partial charge in [-0.1, -0.05) is 23.2 Å². The maximum atomic E-state index is 12.3. The Morgan fingerprint density at radius 1 is 1.26 bits per heavy atom. The maximum Gasteiger partial charge on any atom is 0.253 e. The molecule has 0 atom stereocenters. The first-order valence-corrected chi connectivity index (χ1v) is 6.78. The first-order valence-electron chi connectivity index (χ1n) is 6.02. The van der Waals surface area contributed by atoms with Gasteiger partial charge in [0.15, 0.2) is 0 Å². The monoisotopic (exact) mass is 322 g/mol. The molecule has 0 unspecified atom stereocenters. The van der Waals surface area contributed by atoms with Crippen LogP contribution in [0.25, 0.3) is 0 Å². The standard InChI is InChI=1S/C13H16Cl2N2O.ClH/c1-17(10-4-6-16-7-5-10)13(18)9-2-3-11(14)12(15)8-9;/h2-3,8,10,16H,4-7H2,1H3;1H. The predicted octanol–water partition coefficient (Wildman–Crippen LogP) is 3.24. The average Bonchev–Trinajstić information content (AvgIpc) is 2.41. The minimum Gasteiger partial charge on any atom is -0.339 e. The molecule has 0 radical (unpaired) electrons. The van der Waals surface area contributed by atoms with Crippen molar-refractivity contribution >= 4 is 41.5 Å². The van der Waals surface area contributed by atoms with Crippen molar-refractivity contribution in [2.75, 3.05) is 20.1 Å². The molecule has 0 saturated carbocycles. The molecule has 1 aromatic carbocycles. The Hall–Kier alpha value is -0.480. The first kappa shape index (κ1) is 16.6. The Bertz CT molecular complexity index is 448. The van der Waals surface area contributed by atoms with E-state index in [9.17, 15) is 4.79 Å². The minimum atomic E-state index is 0. The number of hydrogen-bond acceptors (Lipinski definition) is 2. The zero-order chi connectivity index (χ0) is 13.1. The molecule has 1 heterocycles. The van der Waals surface area contributed by atoms with Gasteiger partial charge < -0.3 is 10.2 Å². The molecule has 1 aliphatic heterocycles. The Morgan fingerprint density at radius 2 is 1.89 bits per heavy atom. The van der Waals surface area contributed by atoms with E-state index in [4.69, 9.17) is 23.2 Å². The van der Waals surface area contributed by atoms with Crippen LogP contribution in [-0.4, -0.2) is 37.0 Å². The Morgan fingerprint density at radius 3 is 2.47 bits per heavy atom. The van der Waals surface area contributed by atoms with Crippen LogP contribution < -0.4 is 5.32 Å². The highest BCUT2D eigenvalue weighted by Crippen LogP contribution is 2.24. The second kappa shape index (κ2) is 7.34. The number of benzene rings is 1. The van der Waals surface area contributed by atoms with Gasteiger partial charge >= 0.3 is 0 Å². The van der Waals surface area contributed by atoms with E-state index in [1.807, 2.05) is 7.05 Å². The van der Waals surface area contributed by atoms with Crippen molar-refractivity contribution in [3.05, 3.63) is 33.8 Å². The van der Waals surface area contributed by atoms with Crippen LogP contribution in [0.3, 0.4) is 0 Å². The molecule has 19 heavy (non-hydrogen) atoms. The third kappa shape index (κ3) is 3.99. The summed E-state index contributed by atoms with van der Waals surface area (Å²) >= 11 is 11.8. The normalized spacial score (nSPS) is 15.7. The number of halogens is 3. The molecule has 1 fully saturated rings. The third-order valence-corrected chi connectivity index (χ3v) is 4.08. The molecule has 1 amide bonds. The Balaban J connectivity index is 0.00000180. The van der Waals surface area contributed by atoms with Crippen LogP contribution >= 0.6 is 35.6 Å². The van der Waals surface area contributed by atoms with Crippen LogP contribution in [0.5, 0.6) is 0 Å². The fourth-order valence-corrected chi connectivity index (χ4v) is 2.49. The summed E-state index contributed by atoms with van der Waals surface area (Å²) in [5.74, 6) is 0.000432. The van der Waals surface area contributed by atoms with E-state index in [2.05, 4.69) is 5.32 Å². The Kier molecular flexibility index (Phi) is 6.40. The summed E-state index contributed by atoms with van der Waals surface area (Å²) in [6.45, 7) is 1.92. The molecule has 0 aromatic heterocycles. The lowest BCUT2D eigenvalue weighted by Gasteiger charge is -2.31. The maximum absolute atomic E-state index is 12.3. The molecule has 1 aromatic rings. The van der Waals surface area contributed by atoms with Crippen molar-refractivity contribution in [1.29, 1.82) is 0 Å². The number of amides is 1. The van der Waals surface area contributed by atoms with Gasteiger partial charge in [0.05, 0.1) is 10.0 Å². The number of piperidine rings is 1. The van der Waals surface area contributed by atoms with E-state index in [0.717, 1.165) is 25.9 Å². The second-order valence-corrected chi connectivity index (χ2v) is 5.34. The van der Waals surface area contributed by atoms with Gasteiger partial charge in [-0.3, -0.25) is 4.79 Å². The van der Waals surface area contributed by atoms with Crippen LogP contribution in [-0.2, 0) is 0 Å². The van der Waals surface area contributed by atoms with E-state index in [0.29, 0.717) is 21.7 Å². The quantitative estimate of drug-likeness (QED) is 0.906. The van der Waals surface area contributed by atoms with Crippen molar-refractivity contribution in [3.63, 3.8) is 0 Å². The largest absolute Gasteiger partial charge is 0.339 e. The van der Waals surface area contributed by atoms with Crippen LogP contribution in [0, 0.1) is 0 Å². The molecule has 1 aliphatic rings. The summed E-state index contributed by atoms with van der Waals surface area (Å²) in [6, 6.07) is 5.30. The van der Waals surface area contributed by atoms with Crippen LogP contribution in [0.15, 0.2) is 18.2 Å². The zero-order valence-corrected chi connectivity index (χ0v) is 13.0. The summed E-state index contributed by atoms with van der Waals surface area (Å²) < 4.78 is 0. The van der Waals surface area contributed by atoms with Crippen molar-refractivity contribution in [2.45, 2.75) is 18.9 Å². The molecule has 6 heteroatoms. The van der Waals surface area contributed by atoms with E-state index in [1.165, 1.54) is 0 Å². The summed E-state index contributed by atoms with van der Waals surface area (Å²) in [6.07, 6.45) is 1.98. The van der Waals surface area contributed by atoms with Crippen molar-refractivity contribution in [3.8, 4) is 0 Å². The molecule has 0 bridgehead atoms. The number of carbonyl (C=O) groups excluding carboxylic acids is 1.